The van der Waals surface area contributed by atoms with Crippen molar-refractivity contribution in [2.24, 2.45) is 0 Å². The predicted molar refractivity (Wildman–Crippen MR) is 110 cm³/mol. The number of ether oxygens (including phenoxy) is 3. The Hall–Kier alpha value is -2.34. The fourth-order valence-corrected chi connectivity index (χ4v) is 2.66. The van der Waals surface area contributed by atoms with Crippen LogP contribution in [0.3, 0.4) is 0 Å². The van der Waals surface area contributed by atoms with Crippen LogP contribution < -0.4 is 10.1 Å². The molecule has 1 aromatic carbocycles. The van der Waals surface area contributed by atoms with E-state index in [1.807, 2.05) is 0 Å². The first-order chi connectivity index (χ1) is 13.6. The van der Waals surface area contributed by atoms with Crippen molar-refractivity contribution in [1.29, 1.82) is 0 Å². The average molecular weight is 392 g/mol. The van der Waals surface area contributed by atoms with E-state index in [0.29, 0.717) is 17.9 Å². The fourth-order valence-electron chi connectivity index (χ4n) is 2.66. The second-order valence-electron chi connectivity index (χ2n) is 6.55. The summed E-state index contributed by atoms with van der Waals surface area (Å²) in [5, 5.41) is 2.81. The summed E-state index contributed by atoms with van der Waals surface area (Å²) in [6.45, 7) is 2.90. The maximum atomic E-state index is 12.4. The third-order valence-electron chi connectivity index (χ3n) is 4.25. The van der Waals surface area contributed by atoms with E-state index in [1.54, 1.807) is 31.4 Å². The molecule has 1 amide bonds. The van der Waals surface area contributed by atoms with Crippen molar-refractivity contribution in [3.63, 3.8) is 0 Å². The summed E-state index contributed by atoms with van der Waals surface area (Å²) in [7, 11) is 2.81. The van der Waals surface area contributed by atoms with Crippen molar-refractivity contribution in [3.05, 3.63) is 35.4 Å². The van der Waals surface area contributed by atoms with Gasteiger partial charge in [-0.3, -0.25) is 4.79 Å². The van der Waals surface area contributed by atoms with E-state index < -0.39 is 11.9 Å². The van der Waals surface area contributed by atoms with E-state index in [9.17, 15) is 9.59 Å². The maximum absolute atomic E-state index is 12.4. The lowest BCUT2D eigenvalue weighted by molar-refractivity contribution is -0.137. The molecule has 0 radical (unpaired) electrons. The average Bonchev–Trinajstić information content (AvgIpc) is 2.72. The van der Waals surface area contributed by atoms with Crippen LogP contribution in [0.25, 0.3) is 6.08 Å². The molecule has 0 aliphatic carbocycles. The van der Waals surface area contributed by atoms with Gasteiger partial charge < -0.3 is 19.5 Å². The van der Waals surface area contributed by atoms with Gasteiger partial charge in [0.15, 0.2) is 6.79 Å². The molecule has 0 unspecified atom stereocenters. The molecular formula is C22H33NO5. The third kappa shape index (κ3) is 9.55. The molecule has 1 rings (SSSR count). The molecule has 28 heavy (non-hydrogen) atoms. The van der Waals surface area contributed by atoms with Gasteiger partial charge in [0.05, 0.1) is 7.11 Å². The highest BCUT2D eigenvalue weighted by atomic mass is 16.7. The number of nitrogens with one attached hydrogen (secondary N) is 1. The molecule has 1 N–H and O–H groups in total. The summed E-state index contributed by atoms with van der Waals surface area (Å²) in [5.74, 6) is -0.434. The molecule has 0 aliphatic rings. The van der Waals surface area contributed by atoms with Crippen molar-refractivity contribution >= 4 is 18.0 Å². The zero-order valence-electron chi connectivity index (χ0n) is 17.3. The SMILES string of the molecule is CCCCCCCCCNC(=O)C(=Cc1ccc(OCOC)cc1)C(=O)OC. The van der Waals surface area contributed by atoms with Crippen LogP contribution in [0, 0.1) is 0 Å². The highest BCUT2D eigenvalue weighted by Gasteiger charge is 2.18. The standard InChI is InChI=1S/C22H33NO5/c1-4-5-6-7-8-9-10-15-23-21(24)20(22(25)27-3)16-18-11-13-19(14-12-18)28-17-26-2/h11-14,16H,4-10,15,17H2,1-3H3,(H,23,24). The van der Waals surface area contributed by atoms with Crippen molar-refractivity contribution < 1.29 is 23.8 Å². The molecule has 0 bridgehead atoms. The summed E-state index contributed by atoms with van der Waals surface area (Å²) in [5.41, 5.74) is 0.687. The first-order valence-electron chi connectivity index (χ1n) is 9.92. The van der Waals surface area contributed by atoms with Gasteiger partial charge in [-0.15, -0.1) is 0 Å². The van der Waals surface area contributed by atoms with Crippen molar-refractivity contribution in [2.45, 2.75) is 51.9 Å². The van der Waals surface area contributed by atoms with Crippen LogP contribution in [0.1, 0.15) is 57.4 Å². The van der Waals surface area contributed by atoms with Gasteiger partial charge >= 0.3 is 5.97 Å². The predicted octanol–water partition coefficient (Wildman–Crippen LogP) is 4.09. The van der Waals surface area contributed by atoms with E-state index in [2.05, 4.69) is 12.2 Å². The summed E-state index contributed by atoms with van der Waals surface area (Å²) in [6, 6.07) is 7.02. The van der Waals surface area contributed by atoms with Gasteiger partial charge in [0.25, 0.3) is 5.91 Å². The van der Waals surface area contributed by atoms with E-state index in [-0.39, 0.29) is 12.4 Å². The Morgan fingerprint density at radius 3 is 2.21 bits per heavy atom. The van der Waals surface area contributed by atoms with Crippen molar-refractivity contribution in [2.75, 3.05) is 27.6 Å². The first kappa shape index (κ1) is 23.7. The third-order valence-corrected chi connectivity index (χ3v) is 4.25. The Kier molecular flexibility index (Phi) is 12.4. The first-order valence-corrected chi connectivity index (χ1v) is 9.92. The number of esters is 1. The summed E-state index contributed by atoms with van der Waals surface area (Å²) < 4.78 is 14.9. The minimum absolute atomic E-state index is 0.0176. The second kappa shape index (κ2) is 14.7. The lowest BCUT2D eigenvalue weighted by Crippen LogP contribution is -2.29. The fraction of sp³-hybridized carbons (Fsp3) is 0.545. The maximum Gasteiger partial charge on any atom is 0.343 e. The molecule has 0 aliphatic heterocycles. The molecule has 0 spiro atoms. The quantitative estimate of drug-likeness (QED) is 0.129. The monoisotopic (exact) mass is 391 g/mol. The summed E-state index contributed by atoms with van der Waals surface area (Å²) in [4.78, 5) is 24.4. The van der Waals surface area contributed by atoms with Crippen molar-refractivity contribution in [1.82, 2.24) is 5.32 Å². The zero-order chi connectivity index (χ0) is 20.6. The molecule has 0 saturated carbocycles. The molecule has 0 heterocycles. The van der Waals surface area contributed by atoms with Crippen molar-refractivity contribution in [3.8, 4) is 5.75 Å². The van der Waals surface area contributed by atoms with Crippen LogP contribution in [0.2, 0.25) is 0 Å². The lowest BCUT2D eigenvalue weighted by atomic mass is 10.1. The molecular weight excluding hydrogens is 358 g/mol. The summed E-state index contributed by atoms with van der Waals surface area (Å²) in [6.07, 6.45) is 9.69. The molecule has 6 heteroatoms. The highest BCUT2D eigenvalue weighted by Crippen LogP contribution is 2.15. The Bertz CT molecular complexity index is 610. The van der Waals surface area contributed by atoms with Crippen LogP contribution in [0.15, 0.2) is 29.8 Å². The molecule has 156 valence electrons. The Balaban J connectivity index is 2.55. The van der Waals surface area contributed by atoms with Gasteiger partial charge in [-0.25, -0.2) is 4.79 Å². The minimum atomic E-state index is -0.656. The number of hydrogen-bond acceptors (Lipinski definition) is 5. The highest BCUT2D eigenvalue weighted by molar-refractivity contribution is 6.19. The van der Waals surface area contributed by atoms with E-state index in [0.717, 1.165) is 12.8 Å². The molecule has 0 atom stereocenters. The number of carbonyl (C=O) groups excluding carboxylic acids is 2. The molecule has 0 fully saturated rings. The molecule has 0 aromatic heterocycles. The largest absolute Gasteiger partial charge is 0.468 e. The number of carbonyl (C=O) groups is 2. The Morgan fingerprint density at radius 1 is 0.964 bits per heavy atom. The van der Waals surface area contributed by atoms with Gasteiger partial charge in [0, 0.05) is 13.7 Å². The van der Waals surface area contributed by atoms with E-state index >= 15 is 0 Å². The summed E-state index contributed by atoms with van der Waals surface area (Å²) >= 11 is 0. The minimum Gasteiger partial charge on any atom is -0.468 e. The van der Waals surface area contributed by atoms with Crippen LogP contribution >= 0.6 is 0 Å². The zero-order valence-corrected chi connectivity index (χ0v) is 17.3. The van der Waals surface area contributed by atoms with Crippen LogP contribution in [-0.4, -0.2) is 39.4 Å². The van der Waals surface area contributed by atoms with Gasteiger partial charge in [0.1, 0.15) is 11.3 Å². The second-order valence-corrected chi connectivity index (χ2v) is 6.55. The smallest absolute Gasteiger partial charge is 0.343 e. The molecule has 6 nitrogen and oxygen atoms in total. The lowest BCUT2D eigenvalue weighted by Gasteiger charge is -2.08. The van der Waals surface area contributed by atoms with E-state index in [4.69, 9.17) is 14.2 Å². The number of hydrogen-bond donors (Lipinski definition) is 1. The van der Waals surface area contributed by atoms with Crippen LogP contribution in [0.5, 0.6) is 5.75 Å². The number of methoxy groups -OCH3 is 2. The number of rotatable bonds is 14. The Morgan fingerprint density at radius 2 is 1.61 bits per heavy atom. The van der Waals surface area contributed by atoms with Crippen LogP contribution in [0.4, 0.5) is 0 Å². The van der Waals surface area contributed by atoms with Gasteiger partial charge in [-0.2, -0.15) is 0 Å². The normalized spacial score (nSPS) is 11.2. The number of benzene rings is 1. The van der Waals surface area contributed by atoms with Gasteiger partial charge in [-0.1, -0.05) is 57.6 Å². The molecule has 1 aromatic rings. The van der Waals surface area contributed by atoms with Gasteiger partial charge in [0.2, 0.25) is 0 Å². The molecule has 0 saturated heterocycles. The van der Waals surface area contributed by atoms with Gasteiger partial charge in [-0.05, 0) is 30.2 Å². The number of unbranched alkanes of at least 4 members (excludes halogenated alkanes) is 6. The van der Waals surface area contributed by atoms with Crippen LogP contribution in [-0.2, 0) is 19.1 Å². The number of amides is 1. The van der Waals surface area contributed by atoms with E-state index in [1.165, 1.54) is 45.3 Å². The Labute approximate surface area is 168 Å². The topological polar surface area (TPSA) is 73.9 Å².